The van der Waals surface area contributed by atoms with Crippen molar-refractivity contribution in [2.45, 2.75) is 33.1 Å². The summed E-state index contributed by atoms with van der Waals surface area (Å²) in [6.45, 7) is 8.83. The highest BCUT2D eigenvalue weighted by Crippen LogP contribution is 2.23. The van der Waals surface area contributed by atoms with Gasteiger partial charge in [0.05, 0.1) is 0 Å². The molecule has 1 aliphatic rings. The average Bonchev–Trinajstić information content (AvgIpc) is 2.00. The molecule has 0 aromatic heterocycles. The number of likely N-dealkylation sites (tertiary alicyclic amines) is 1. The molecule has 1 heterocycles. The summed E-state index contributed by atoms with van der Waals surface area (Å²) in [5.74, 6) is 1.80. The molecule has 0 unspecified atom stereocenters. The minimum absolute atomic E-state index is 0.356. The molecule has 1 rings (SSSR count). The van der Waals surface area contributed by atoms with Crippen LogP contribution in [0.4, 0.5) is 0 Å². The summed E-state index contributed by atoms with van der Waals surface area (Å²) >= 11 is 0. The normalized spacial score (nSPS) is 19.4. The lowest BCUT2D eigenvalue weighted by atomic mass is 9.88. The number of nitrogens with zero attached hydrogens (tertiary/aromatic N) is 1. The van der Waals surface area contributed by atoms with E-state index in [1.54, 1.807) is 0 Å². The van der Waals surface area contributed by atoms with Gasteiger partial charge in [-0.05, 0) is 37.6 Å². The summed E-state index contributed by atoms with van der Waals surface area (Å²) in [7, 11) is 0. The van der Waals surface area contributed by atoms with Crippen LogP contribution in [0.2, 0.25) is 0 Å². The minimum Gasteiger partial charge on any atom is -0.396 e. The van der Waals surface area contributed by atoms with Gasteiger partial charge in [-0.2, -0.15) is 0 Å². The van der Waals surface area contributed by atoms with Gasteiger partial charge in [0.15, 0.2) is 0 Å². The van der Waals surface area contributed by atoms with Crippen LogP contribution in [-0.4, -0.2) is 36.2 Å². The maximum atomic E-state index is 8.60. The topological polar surface area (TPSA) is 23.5 Å². The highest BCUT2D eigenvalue weighted by molar-refractivity contribution is 4.81. The smallest absolute Gasteiger partial charge is 0.0431 e. The van der Waals surface area contributed by atoms with Gasteiger partial charge < -0.3 is 10.0 Å². The predicted octanol–water partition coefficient (Wildman–Crippen LogP) is 1.74. The van der Waals surface area contributed by atoms with Gasteiger partial charge in [0.1, 0.15) is 0 Å². The van der Waals surface area contributed by atoms with E-state index in [1.165, 1.54) is 32.5 Å². The lowest BCUT2D eigenvalue weighted by Gasteiger charge is -2.41. The Morgan fingerprint density at radius 2 is 1.92 bits per heavy atom. The van der Waals surface area contributed by atoms with E-state index in [-0.39, 0.29) is 0 Å². The number of unbranched alkanes of at least 4 members (excludes halogenated alkanes) is 2. The Bertz CT molecular complexity index is 130. The monoisotopic (exact) mass is 185 g/mol. The Morgan fingerprint density at radius 1 is 1.23 bits per heavy atom. The van der Waals surface area contributed by atoms with E-state index < -0.39 is 0 Å². The first-order chi connectivity index (χ1) is 6.24. The van der Waals surface area contributed by atoms with Gasteiger partial charge in [-0.25, -0.2) is 0 Å². The van der Waals surface area contributed by atoms with Gasteiger partial charge in [-0.3, -0.25) is 0 Å². The third-order valence-electron chi connectivity index (χ3n) is 3.06. The highest BCUT2D eigenvalue weighted by Gasteiger charge is 2.27. The maximum Gasteiger partial charge on any atom is 0.0431 e. The Kier molecular flexibility index (Phi) is 4.74. The maximum absolute atomic E-state index is 8.60. The van der Waals surface area contributed by atoms with Crippen LogP contribution in [-0.2, 0) is 0 Å². The Hall–Kier alpha value is -0.0800. The van der Waals surface area contributed by atoms with Crippen LogP contribution in [0.25, 0.3) is 0 Å². The van der Waals surface area contributed by atoms with Crippen molar-refractivity contribution in [3.05, 3.63) is 0 Å². The predicted molar refractivity (Wildman–Crippen MR) is 55.7 cm³/mol. The van der Waals surface area contributed by atoms with Crippen molar-refractivity contribution in [1.82, 2.24) is 4.90 Å². The summed E-state index contributed by atoms with van der Waals surface area (Å²) in [5, 5.41) is 8.60. The molecule has 0 saturated carbocycles. The molecule has 0 bridgehead atoms. The molecule has 1 saturated heterocycles. The highest BCUT2D eigenvalue weighted by atomic mass is 16.2. The van der Waals surface area contributed by atoms with Crippen LogP contribution in [0.15, 0.2) is 0 Å². The molecule has 1 aliphatic heterocycles. The van der Waals surface area contributed by atoms with E-state index in [2.05, 4.69) is 18.7 Å². The molecule has 0 radical (unpaired) electrons. The van der Waals surface area contributed by atoms with Crippen LogP contribution >= 0.6 is 0 Å². The standard InChI is InChI=1S/C11H23NO/c1-10(2)11-8-12(9-11)6-4-3-5-7-13/h10-11,13H,3-9H2,1-2H3. The number of hydrogen-bond acceptors (Lipinski definition) is 2. The number of hydrogen-bond donors (Lipinski definition) is 1. The Morgan fingerprint density at radius 3 is 2.46 bits per heavy atom. The molecule has 13 heavy (non-hydrogen) atoms. The first-order valence-corrected chi connectivity index (χ1v) is 5.57. The van der Waals surface area contributed by atoms with E-state index in [0.29, 0.717) is 6.61 Å². The minimum atomic E-state index is 0.356. The zero-order valence-corrected chi connectivity index (χ0v) is 9.00. The third-order valence-corrected chi connectivity index (χ3v) is 3.06. The van der Waals surface area contributed by atoms with E-state index in [0.717, 1.165) is 18.3 Å². The molecular weight excluding hydrogens is 162 g/mol. The Balaban J connectivity index is 1.90. The summed E-state index contributed by atoms with van der Waals surface area (Å²) in [4.78, 5) is 2.53. The van der Waals surface area contributed by atoms with Crippen LogP contribution in [0.5, 0.6) is 0 Å². The van der Waals surface area contributed by atoms with Crippen molar-refractivity contribution >= 4 is 0 Å². The van der Waals surface area contributed by atoms with Gasteiger partial charge in [-0.15, -0.1) is 0 Å². The van der Waals surface area contributed by atoms with E-state index in [9.17, 15) is 0 Å². The lowest BCUT2D eigenvalue weighted by Crippen LogP contribution is -2.49. The first-order valence-electron chi connectivity index (χ1n) is 5.57. The van der Waals surface area contributed by atoms with Crippen molar-refractivity contribution in [3.63, 3.8) is 0 Å². The quantitative estimate of drug-likeness (QED) is 0.637. The zero-order chi connectivity index (χ0) is 9.68. The molecule has 0 spiro atoms. The summed E-state index contributed by atoms with van der Waals surface area (Å²) in [6, 6.07) is 0. The second kappa shape index (κ2) is 5.61. The van der Waals surface area contributed by atoms with Crippen molar-refractivity contribution in [3.8, 4) is 0 Å². The molecule has 0 atom stereocenters. The van der Waals surface area contributed by atoms with E-state index in [1.807, 2.05) is 0 Å². The number of aliphatic hydroxyl groups excluding tert-OH is 1. The first kappa shape index (κ1) is 11.0. The van der Waals surface area contributed by atoms with Gasteiger partial charge in [0, 0.05) is 19.7 Å². The summed E-state index contributed by atoms with van der Waals surface area (Å²) < 4.78 is 0. The fraction of sp³-hybridized carbons (Fsp3) is 1.00. The molecule has 0 aromatic carbocycles. The fourth-order valence-electron chi connectivity index (χ4n) is 1.84. The zero-order valence-electron chi connectivity index (χ0n) is 9.00. The summed E-state index contributed by atoms with van der Waals surface area (Å²) in [6.07, 6.45) is 3.41. The van der Waals surface area contributed by atoms with Gasteiger partial charge >= 0.3 is 0 Å². The lowest BCUT2D eigenvalue weighted by molar-refractivity contribution is 0.0666. The van der Waals surface area contributed by atoms with Crippen LogP contribution in [0, 0.1) is 11.8 Å². The van der Waals surface area contributed by atoms with Crippen LogP contribution < -0.4 is 0 Å². The van der Waals surface area contributed by atoms with Crippen LogP contribution in [0.3, 0.4) is 0 Å². The summed E-state index contributed by atoms with van der Waals surface area (Å²) in [5.41, 5.74) is 0. The average molecular weight is 185 g/mol. The van der Waals surface area contributed by atoms with E-state index in [4.69, 9.17) is 5.11 Å². The van der Waals surface area contributed by atoms with Crippen molar-refractivity contribution in [2.75, 3.05) is 26.2 Å². The SMILES string of the molecule is CC(C)C1CN(CCCCCO)C1. The molecule has 2 nitrogen and oxygen atoms in total. The molecule has 0 amide bonds. The molecule has 1 fully saturated rings. The van der Waals surface area contributed by atoms with Gasteiger partial charge in [-0.1, -0.05) is 13.8 Å². The molecular formula is C11H23NO. The van der Waals surface area contributed by atoms with Crippen molar-refractivity contribution in [2.24, 2.45) is 11.8 Å². The van der Waals surface area contributed by atoms with E-state index >= 15 is 0 Å². The van der Waals surface area contributed by atoms with Crippen molar-refractivity contribution < 1.29 is 5.11 Å². The number of rotatable bonds is 6. The van der Waals surface area contributed by atoms with Crippen LogP contribution in [0.1, 0.15) is 33.1 Å². The Labute approximate surface area is 81.9 Å². The van der Waals surface area contributed by atoms with Crippen molar-refractivity contribution in [1.29, 1.82) is 0 Å². The molecule has 1 N–H and O–H groups in total. The molecule has 2 heteroatoms. The molecule has 78 valence electrons. The second-order valence-corrected chi connectivity index (χ2v) is 4.55. The fourth-order valence-corrected chi connectivity index (χ4v) is 1.84. The third kappa shape index (κ3) is 3.65. The molecule has 0 aromatic rings. The van der Waals surface area contributed by atoms with Gasteiger partial charge in [0.2, 0.25) is 0 Å². The second-order valence-electron chi connectivity index (χ2n) is 4.55. The molecule has 0 aliphatic carbocycles. The number of aliphatic hydroxyl groups is 1. The van der Waals surface area contributed by atoms with Gasteiger partial charge in [0.25, 0.3) is 0 Å². The largest absolute Gasteiger partial charge is 0.396 e.